The second kappa shape index (κ2) is 7.62. The highest BCUT2D eigenvalue weighted by molar-refractivity contribution is 5.97. The Morgan fingerprint density at radius 1 is 1.17 bits per heavy atom. The third-order valence-corrected chi connectivity index (χ3v) is 2.72. The predicted octanol–water partition coefficient (Wildman–Crippen LogP) is 1.78. The second-order valence-electron chi connectivity index (χ2n) is 6.01. The van der Waals surface area contributed by atoms with E-state index in [9.17, 15) is 14.4 Å². The Morgan fingerprint density at radius 2 is 1.83 bits per heavy atom. The van der Waals surface area contributed by atoms with E-state index in [0.717, 1.165) is 5.56 Å². The van der Waals surface area contributed by atoms with E-state index < -0.39 is 30.1 Å². The van der Waals surface area contributed by atoms with Crippen LogP contribution in [0.3, 0.4) is 0 Å². The van der Waals surface area contributed by atoms with Gasteiger partial charge in [0.25, 0.3) is 5.91 Å². The lowest BCUT2D eigenvalue weighted by atomic mass is 10.1. The van der Waals surface area contributed by atoms with Gasteiger partial charge < -0.3 is 14.8 Å². The summed E-state index contributed by atoms with van der Waals surface area (Å²) in [4.78, 5) is 35.0. The van der Waals surface area contributed by atoms with Crippen LogP contribution in [-0.4, -0.2) is 37.2 Å². The first-order valence-corrected chi connectivity index (χ1v) is 7.06. The average molecular weight is 322 g/mol. The molecule has 0 aliphatic carbocycles. The fourth-order valence-electron chi connectivity index (χ4n) is 1.70. The number of ether oxygens (including phenoxy) is 2. The number of carbonyl (C=O) groups excluding carboxylic acids is 3. The molecule has 3 amide bonds. The molecule has 0 heterocycles. The summed E-state index contributed by atoms with van der Waals surface area (Å²) in [6.45, 7) is 6.63. The Morgan fingerprint density at radius 3 is 2.39 bits per heavy atom. The van der Waals surface area contributed by atoms with Crippen LogP contribution in [0.1, 0.15) is 36.7 Å². The van der Waals surface area contributed by atoms with Crippen LogP contribution >= 0.6 is 0 Å². The first-order valence-electron chi connectivity index (χ1n) is 7.06. The quantitative estimate of drug-likeness (QED) is 0.824. The standard InChI is InChI=1S/C16H22N2O5/c1-10-6-7-11(8-12(10)22-5)14(20)23-9-13(19)17-15(21)18-16(2,3)4/h6-8H,9H2,1-5H3,(H2,17,18,19,21). The molecule has 1 rings (SSSR count). The third kappa shape index (κ3) is 6.37. The van der Waals surface area contributed by atoms with Gasteiger partial charge in [-0.2, -0.15) is 0 Å². The van der Waals surface area contributed by atoms with Crippen LogP contribution in [0.2, 0.25) is 0 Å². The lowest BCUT2D eigenvalue weighted by Gasteiger charge is -2.20. The number of hydrogen-bond donors (Lipinski definition) is 2. The Kier molecular flexibility index (Phi) is 6.12. The van der Waals surface area contributed by atoms with Crippen molar-refractivity contribution in [3.8, 4) is 5.75 Å². The van der Waals surface area contributed by atoms with Gasteiger partial charge in [-0.05, 0) is 45.4 Å². The third-order valence-electron chi connectivity index (χ3n) is 2.72. The van der Waals surface area contributed by atoms with Gasteiger partial charge in [0, 0.05) is 5.54 Å². The number of nitrogens with one attached hydrogen (secondary N) is 2. The van der Waals surface area contributed by atoms with Crippen molar-refractivity contribution in [3.05, 3.63) is 29.3 Å². The van der Waals surface area contributed by atoms with Crippen LogP contribution in [0.25, 0.3) is 0 Å². The van der Waals surface area contributed by atoms with Crippen molar-refractivity contribution in [1.29, 1.82) is 0 Å². The minimum atomic E-state index is -0.709. The van der Waals surface area contributed by atoms with Gasteiger partial charge in [0.15, 0.2) is 6.61 Å². The number of benzene rings is 1. The van der Waals surface area contributed by atoms with E-state index in [1.807, 2.05) is 6.92 Å². The Bertz CT molecular complexity index is 605. The van der Waals surface area contributed by atoms with Crippen LogP contribution in [-0.2, 0) is 9.53 Å². The molecule has 7 nitrogen and oxygen atoms in total. The zero-order chi connectivity index (χ0) is 17.6. The Hall–Kier alpha value is -2.57. The topological polar surface area (TPSA) is 93.7 Å². The second-order valence-corrected chi connectivity index (χ2v) is 6.01. The van der Waals surface area contributed by atoms with Gasteiger partial charge >= 0.3 is 12.0 Å². The molecule has 1 aromatic carbocycles. The van der Waals surface area contributed by atoms with Gasteiger partial charge in [0.2, 0.25) is 0 Å². The Labute approximate surface area is 135 Å². The number of urea groups is 1. The van der Waals surface area contributed by atoms with E-state index in [1.165, 1.54) is 13.2 Å². The maximum absolute atomic E-state index is 11.9. The molecule has 0 spiro atoms. The lowest BCUT2D eigenvalue weighted by molar-refractivity contribution is -0.123. The molecule has 126 valence electrons. The summed E-state index contributed by atoms with van der Waals surface area (Å²) in [5, 5.41) is 4.65. The number of methoxy groups -OCH3 is 1. The summed E-state index contributed by atoms with van der Waals surface area (Å²) in [6, 6.07) is 4.18. The van der Waals surface area contributed by atoms with Gasteiger partial charge in [-0.15, -0.1) is 0 Å². The predicted molar refractivity (Wildman–Crippen MR) is 84.4 cm³/mol. The van der Waals surface area contributed by atoms with Gasteiger partial charge in [-0.25, -0.2) is 9.59 Å². The highest BCUT2D eigenvalue weighted by Crippen LogP contribution is 2.19. The van der Waals surface area contributed by atoms with Crippen LogP contribution < -0.4 is 15.4 Å². The smallest absolute Gasteiger partial charge is 0.338 e. The van der Waals surface area contributed by atoms with E-state index in [-0.39, 0.29) is 5.56 Å². The van der Waals surface area contributed by atoms with Crippen molar-refractivity contribution in [1.82, 2.24) is 10.6 Å². The van der Waals surface area contributed by atoms with Crippen LogP contribution in [0.4, 0.5) is 4.79 Å². The molecule has 0 bridgehead atoms. The van der Waals surface area contributed by atoms with Crippen LogP contribution in [0.15, 0.2) is 18.2 Å². The Balaban J connectivity index is 2.53. The molecular weight excluding hydrogens is 300 g/mol. The van der Waals surface area contributed by atoms with E-state index in [0.29, 0.717) is 5.75 Å². The van der Waals surface area contributed by atoms with Crippen LogP contribution in [0, 0.1) is 6.92 Å². The van der Waals surface area contributed by atoms with E-state index >= 15 is 0 Å². The summed E-state index contributed by atoms with van der Waals surface area (Å²) in [6.07, 6.45) is 0. The number of rotatable bonds is 4. The number of carbonyl (C=O) groups is 3. The van der Waals surface area contributed by atoms with Crippen molar-refractivity contribution in [2.45, 2.75) is 33.2 Å². The molecule has 1 aromatic rings. The van der Waals surface area contributed by atoms with E-state index in [1.54, 1.807) is 32.9 Å². The summed E-state index contributed by atoms with van der Waals surface area (Å²) in [5.41, 5.74) is 0.666. The maximum atomic E-state index is 11.9. The summed E-state index contributed by atoms with van der Waals surface area (Å²) < 4.78 is 9.99. The van der Waals surface area contributed by atoms with Crippen molar-refractivity contribution in [2.75, 3.05) is 13.7 Å². The average Bonchev–Trinajstić information content (AvgIpc) is 2.43. The summed E-state index contributed by atoms with van der Waals surface area (Å²) in [5.74, 6) is -0.831. The fraction of sp³-hybridized carbons (Fsp3) is 0.438. The first-order chi connectivity index (χ1) is 10.6. The maximum Gasteiger partial charge on any atom is 0.338 e. The van der Waals surface area contributed by atoms with Crippen molar-refractivity contribution in [2.24, 2.45) is 0 Å². The monoisotopic (exact) mass is 322 g/mol. The molecule has 0 unspecified atom stereocenters. The number of imide groups is 1. The van der Waals surface area contributed by atoms with Crippen molar-refractivity contribution in [3.63, 3.8) is 0 Å². The summed E-state index contributed by atoms with van der Waals surface area (Å²) >= 11 is 0. The first kappa shape index (κ1) is 18.5. The molecule has 0 radical (unpaired) electrons. The van der Waals surface area contributed by atoms with Crippen molar-refractivity contribution < 1.29 is 23.9 Å². The fourth-order valence-corrected chi connectivity index (χ4v) is 1.70. The van der Waals surface area contributed by atoms with Gasteiger partial charge in [-0.3, -0.25) is 10.1 Å². The molecule has 2 N–H and O–H groups in total. The normalized spacial score (nSPS) is 10.7. The highest BCUT2D eigenvalue weighted by atomic mass is 16.5. The molecular formula is C16H22N2O5. The van der Waals surface area contributed by atoms with Gasteiger partial charge in [0.1, 0.15) is 5.75 Å². The molecule has 0 fully saturated rings. The number of aryl methyl sites for hydroxylation is 1. The van der Waals surface area contributed by atoms with Gasteiger partial charge in [-0.1, -0.05) is 6.07 Å². The highest BCUT2D eigenvalue weighted by Gasteiger charge is 2.17. The zero-order valence-corrected chi connectivity index (χ0v) is 14.0. The SMILES string of the molecule is COc1cc(C(=O)OCC(=O)NC(=O)NC(C)(C)C)ccc1C. The minimum absolute atomic E-state index is 0.263. The molecule has 7 heteroatoms. The number of esters is 1. The number of amides is 3. The zero-order valence-electron chi connectivity index (χ0n) is 14.0. The van der Waals surface area contributed by atoms with Crippen LogP contribution in [0.5, 0.6) is 5.75 Å². The van der Waals surface area contributed by atoms with E-state index in [4.69, 9.17) is 9.47 Å². The molecule has 23 heavy (non-hydrogen) atoms. The molecule has 0 aliphatic rings. The van der Waals surface area contributed by atoms with Crippen molar-refractivity contribution >= 4 is 17.9 Å². The molecule has 0 aliphatic heterocycles. The molecule has 0 aromatic heterocycles. The lowest BCUT2D eigenvalue weighted by Crippen LogP contribution is -2.49. The largest absolute Gasteiger partial charge is 0.496 e. The molecule has 0 saturated heterocycles. The van der Waals surface area contributed by atoms with E-state index in [2.05, 4.69) is 10.6 Å². The minimum Gasteiger partial charge on any atom is -0.496 e. The number of hydrogen-bond acceptors (Lipinski definition) is 5. The van der Waals surface area contributed by atoms with Gasteiger partial charge in [0.05, 0.1) is 12.7 Å². The molecule has 0 saturated carbocycles. The summed E-state index contributed by atoms with van der Waals surface area (Å²) in [7, 11) is 1.50. The molecule has 0 atom stereocenters.